The summed E-state index contributed by atoms with van der Waals surface area (Å²) in [4.78, 5) is 12.3. The normalized spacial score (nSPS) is 18.2. The van der Waals surface area contributed by atoms with Gasteiger partial charge in [0.25, 0.3) is 5.56 Å². The number of nitrogens with zero attached hydrogens (tertiary/aromatic N) is 2. The van der Waals surface area contributed by atoms with Crippen LogP contribution < -0.4 is 10.3 Å². The molecule has 3 rings (SSSR count). The first-order valence-electron chi connectivity index (χ1n) is 7.61. The van der Waals surface area contributed by atoms with Crippen LogP contribution in [0.1, 0.15) is 31.1 Å². The van der Waals surface area contributed by atoms with E-state index in [0.29, 0.717) is 13.0 Å². The van der Waals surface area contributed by atoms with Crippen molar-refractivity contribution in [2.75, 3.05) is 6.61 Å². The molecule has 134 valence electrons. The predicted octanol–water partition coefficient (Wildman–Crippen LogP) is 4.41. The lowest BCUT2D eigenvalue weighted by atomic mass is 10.2. The zero-order chi connectivity index (χ0) is 18.0. The van der Waals surface area contributed by atoms with Crippen molar-refractivity contribution in [3.05, 3.63) is 51.4 Å². The van der Waals surface area contributed by atoms with Gasteiger partial charge in [-0.1, -0.05) is 23.7 Å². The molecule has 0 bridgehead atoms. The Labute approximate surface area is 145 Å². The van der Waals surface area contributed by atoms with Gasteiger partial charge in [-0.25, -0.2) is 0 Å². The third-order valence-corrected chi connectivity index (χ3v) is 4.10. The summed E-state index contributed by atoms with van der Waals surface area (Å²) < 4.78 is 50.9. The van der Waals surface area contributed by atoms with Gasteiger partial charge < -0.3 is 9.47 Å². The van der Waals surface area contributed by atoms with Crippen LogP contribution in [0.25, 0.3) is 0 Å². The Bertz CT molecular complexity index is 817. The fourth-order valence-electron chi connectivity index (χ4n) is 2.53. The minimum atomic E-state index is -4.60. The molecule has 2 heterocycles. The van der Waals surface area contributed by atoms with Gasteiger partial charge in [-0.2, -0.15) is 23.0 Å². The molecule has 1 saturated heterocycles. The van der Waals surface area contributed by atoms with Crippen LogP contribution in [0.2, 0.25) is 5.02 Å². The van der Waals surface area contributed by atoms with Gasteiger partial charge >= 0.3 is 6.18 Å². The highest BCUT2D eigenvalue weighted by molar-refractivity contribution is 6.31. The Kier molecular flexibility index (Phi) is 5.01. The minimum absolute atomic E-state index is 0.240. The molecule has 5 nitrogen and oxygen atoms in total. The van der Waals surface area contributed by atoms with E-state index in [2.05, 4.69) is 5.10 Å². The maximum Gasteiger partial charge on any atom is 0.419 e. The Hall–Kier alpha value is -2.06. The van der Waals surface area contributed by atoms with Crippen molar-refractivity contribution in [2.45, 2.75) is 31.7 Å². The second kappa shape index (κ2) is 7.05. The van der Waals surface area contributed by atoms with Crippen LogP contribution in [-0.2, 0) is 10.9 Å². The number of para-hydroxylation sites is 1. The van der Waals surface area contributed by atoms with Crippen molar-refractivity contribution >= 4 is 11.6 Å². The number of aromatic nitrogens is 2. The number of ether oxygens (including phenoxy) is 2. The number of alkyl halides is 3. The molecule has 0 radical (unpaired) electrons. The Morgan fingerprint density at radius 3 is 2.68 bits per heavy atom. The van der Waals surface area contributed by atoms with Gasteiger partial charge in [-0.15, -0.1) is 0 Å². The maximum absolute atomic E-state index is 13.0. The summed E-state index contributed by atoms with van der Waals surface area (Å²) in [6.07, 6.45) is -1.62. The summed E-state index contributed by atoms with van der Waals surface area (Å²) in [6, 6.07) is 4.67. The molecule has 25 heavy (non-hydrogen) atoms. The summed E-state index contributed by atoms with van der Waals surface area (Å²) in [7, 11) is 0. The largest absolute Gasteiger partial charge is 0.453 e. The zero-order valence-corrected chi connectivity index (χ0v) is 13.7. The molecule has 1 unspecified atom stereocenters. The van der Waals surface area contributed by atoms with Crippen molar-refractivity contribution in [1.82, 2.24) is 9.78 Å². The molecule has 0 aliphatic carbocycles. The lowest BCUT2D eigenvalue weighted by Crippen LogP contribution is -2.31. The molecule has 0 N–H and O–H groups in total. The molecule has 1 aromatic heterocycles. The third-order valence-electron chi connectivity index (χ3n) is 3.75. The molecule has 1 aromatic carbocycles. The summed E-state index contributed by atoms with van der Waals surface area (Å²) in [6.45, 7) is 0.508. The van der Waals surface area contributed by atoms with Crippen LogP contribution >= 0.6 is 11.6 Å². The van der Waals surface area contributed by atoms with Crippen molar-refractivity contribution in [1.29, 1.82) is 0 Å². The summed E-state index contributed by atoms with van der Waals surface area (Å²) in [5.74, 6) is -0.694. The van der Waals surface area contributed by atoms with Crippen LogP contribution in [0.3, 0.4) is 0 Å². The number of hydrogen-bond acceptors (Lipinski definition) is 4. The number of hydrogen-bond donors (Lipinski definition) is 0. The Morgan fingerprint density at radius 1 is 1.24 bits per heavy atom. The zero-order valence-electron chi connectivity index (χ0n) is 12.9. The van der Waals surface area contributed by atoms with Gasteiger partial charge in [0, 0.05) is 6.61 Å². The van der Waals surface area contributed by atoms with Gasteiger partial charge in [0.15, 0.2) is 17.0 Å². The van der Waals surface area contributed by atoms with Crippen LogP contribution in [0, 0.1) is 0 Å². The van der Waals surface area contributed by atoms with Gasteiger partial charge in [-0.05, 0) is 31.4 Å². The quantitative estimate of drug-likeness (QED) is 0.798. The first-order chi connectivity index (χ1) is 11.9. The van der Waals surface area contributed by atoms with E-state index in [9.17, 15) is 18.0 Å². The molecule has 1 aliphatic heterocycles. The molecule has 1 fully saturated rings. The summed E-state index contributed by atoms with van der Waals surface area (Å²) in [5, 5.41) is 3.59. The average molecular weight is 375 g/mol. The number of halogens is 4. The molecular formula is C16H14ClF3N2O3. The predicted molar refractivity (Wildman–Crippen MR) is 83.9 cm³/mol. The topological polar surface area (TPSA) is 53.3 Å². The van der Waals surface area contributed by atoms with Crippen LogP contribution in [0.15, 0.2) is 35.3 Å². The Morgan fingerprint density at radius 2 is 2.00 bits per heavy atom. The highest BCUT2D eigenvalue weighted by Gasteiger charge is 2.34. The van der Waals surface area contributed by atoms with E-state index in [1.807, 2.05) is 0 Å². The molecule has 2 aromatic rings. The fraction of sp³-hybridized carbons (Fsp3) is 0.375. The van der Waals surface area contributed by atoms with Crippen molar-refractivity contribution < 1.29 is 22.6 Å². The van der Waals surface area contributed by atoms with E-state index in [0.717, 1.165) is 35.9 Å². The smallest absolute Gasteiger partial charge is 0.419 e. The number of rotatable bonds is 3. The van der Waals surface area contributed by atoms with E-state index in [4.69, 9.17) is 21.1 Å². The average Bonchev–Trinajstić information content (AvgIpc) is 2.59. The van der Waals surface area contributed by atoms with Crippen molar-refractivity contribution in [3.8, 4) is 11.5 Å². The van der Waals surface area contributed by atoms with Crippen molar-refractivity contribution in [2.24, 2.45) is 0 Å². The lowest BCUT2D eigenvalue weighted by Gasteiger charge is -2.23. The van der Waals surface area contributed by atoms with Gasteiger partial charge in [0.2, 0.25) is 0 Å². The maximum atomic E-state index is 13.0. The highest BCUT2D eigenvalue weighted by Crippen LogP contribution is 2.38. The molecular weight excluding hydrogens is 361 g/mol. The monoisotopic (exact) mass is 374 g/mol. The third kappa shape index (κ3) is 3.80. The molecule has 0 amide bonds. The summed E-state index contributed by atoms with van der Waals surface area (Å²) in [5.41, 5.74) is -1.64. The molecule has 0 spiro atoms. The van der Waals surface area contributed by atoms with Crippen LogP contribution in [0.5, 0.6) is 11.5 Å². The molecule has 1 aliphatic rings. The van der Waals surface area contributed by atoms with Crippen LogP contribution in [-0.4, -0.2) is 16.4 Å². The number of benzene rings is 1. The van der Waals surface area contributed by atoms with Gasteiger partial charge in [0.05, 0.1) is 11.8 Å². The Balaban J connectivity index is 1.92. The molecule has 0 saturated carbocycles. The molecule has 9 heteroatoms. The summed E-state index contributed by atoms with van der Waals surface area (Å²) >= 11 is 6.00. The lowest BCUT2D eigenvalue weighted by molar-refractivity contribution is -0.138. The fourth-order valence-corrected chi connectivity index (χ4v) is 2.70. The minimum Gasteiger partial charge on any atom is -0.453 e. The van der Waals surface area contributed by atoms with E-state index < -0.39 is 29.3 Å². The second-order valence-electron chi connectivity index (χ2n) is 5.49. The highest BCUT2D eigenvalue weighted by atomic mass is 35.5. The standard InChI is InChI=1S/C16H14ClF3N2O3/c17-14-12(25-11-6-2-1-5-10(11)16(18,19)20)9-21-22(15(14)23)13-7-3-4-8-24-13/h1-2,5-6,9,13H,3-4,7-8H2. The second-order valence-corrected chi connectivity index (χ2v) is 5.87. The van der Waals surface area contributed by atoms with Crippen LogP contribution in [0.4, 0.5) is 13.2 Å². The van der Waals surface area contributed by atoms with Crippen molar-refractivity contribution in [3.63, 3.8) is 0 Å². The van der Waals surface area contributed by atoms with E-state index in [1.54, 1.807) is 0 Å². The van der Waals surface area contributed by atoms with E-state index in [-0.39, 0.29) is 10.8 Å². The van der Waals surface area contributed by atoms with E-state index in [1.165, 1.54) is 12.1 Å². The molecule has 1 atom stereocenters. The van der Waals surface area contributed by atoms with E-state index >= 15 is 0 Å². The van der Waals surface area contributed by atoms with Gasteiger partial charge in [-0.3, -0.25) is 4.79 Å². The first kappa shape index (κ1) is 17.8. The van der Waals surface area contributed by atoms with Gasteiger partial charge in [0.1, 0.15) is 5.75 Å². The SMILES string of the molecule is O=c1c(Cl)c(Oc2ccccc2C(F)(F)F)cnn1C1CCCCO1. The first-order valence-corrected chi connectivity index (χ1v) is 7.98.